The highest BCUT2D eigenvalue weighted by Gasteiger charge is 2.28. The van der Waals surface area contributed by atoms with E-state index in [2.05, 4.69) is 41.4 Å². The number of fused-ring (bicyclic) bond motifs is 3. The van der Waals surface area contributed by atoms with Crippen LogP contribution in [0.25, 0.3) is 22.0 Å². The van der Waals surface area contributed by atoms with Crippen molar-refractivity contribution in [2.45, 2.75) is 12.8 Å². The molecule has 0 radical (unpaired) electrons. The summed E-state index contributed by atoms with van der Waals surface area (Å²) >= 11 is 0. The van der Waals surface area contributed by atoms with Crippen LogP contribution in [0.4, 0.5) is 5.69 Å². The van der Waals surface area contributed by atoms with Gasteiger partial charge in [0.25, 0.3) is 5.91 Å². The molecule has 2 heterocycles. The molecule has 0 spiro atoms. The predicted octanol–water partition coefficient (Wildman–Crippen LogP) is 5.49. The number of nitrogens with zero attached hydrogens (tertiary/aromatic N) is 2. The van der Waals surface area contributed by atoms with Gasteiger partial charge >= 0.3 is 0 Å². The minimum absolute atomic E-state index is 0.0527. The normalized spacial score (nSPS) is 13.4. The molecule has 0 saturated carbocycles. The number of carbonyl (C=O) groups is 1. The van der Waals surface area contributed by atoms with Crippen molar-refractivity contribution >= 4 is 22.5 Å². The van der Waals surface area contributed by atoms with Gasteiger partial charge in [-0.15, -0.1) is 0 Å². The topological polar surface area (TPSA) is 33.2 Å². The van der Waals surface area contributed by atoms with Crippen LogP contribution in [0.3, 0.4) is 0 Å². The molecule has 0 N–H and O–H groups in total. The molecular formula is C25H20N2O. The molecule has 3 aromatic carbocycles. The summed E-state index contributed by atoms with van der Waals surface area (Å²) in [7, 11) is 0. The molecule has 0 atom stereocenters. The number of hydrogen-bond acceptors (Lipinski definition) is 2. The fourth-order valence-corrected chi connectivity index (χ4v) is 4.15. The molecule has 5 rings (SSSR count). The molecule has 1 aromatic heterocycles. The maximum Gasteiger partial charge on any atom is 0.258 e. The molecule has 0 saturated heterocycles. The van der Waals surface area contributed by atoms with Crippen LogP contribution >= 0.6 is 0 Å². The number of pyridine rings is 1. The third-order valence-corrected chi connectivity index (χ3v) is 5.41. The lowest BCUT2D eigenvalue weighted by molar-refractivity contribution is 0.0985. The molecule has 1 aliphatic heterocycles. The van der Waals surface area contributed by atoms with E-state index in [-0.39, 0.29) is 5.91 Å². The highest BCUT2D eigenvalue weighted by molar-refractivity contribution is 6.12. The van der Waals surface area contributed by atoms with Gasteiger partial charge in [0.05, 0.1) is 11.2 Å². The first-order valence-electron chi connectivity index (χ1n) is 9.66. The van der Waals surface area contributed by atoms with Crippen LogP contribution in [-0.2, 0) is 6.42 Å². The highest BCUT2D eigenvalue weighted by atomic mass is 16.2. The molecular weight excluding hydrogens is 344 g/mol. The number of hydrogen-bond donors (Lipinski definition) is 0. The second kappa shape index (κ2) is 6.93. The van der Waals surface area contributed by atoms with Crippen LogP contribution in [0.1, 0.15) is 22.3 Å². The Hall–Kier alpha value is -3.46. The van der Waals surface area contributed by atoms with Crippen LogP contribution < -0.4 is 4.90 Å². The summed E-state index contributed by atoms with van der Waals surface area (Å²) in [5.74, 6) is 0.0527. The van der Waals surface area contributed by atoms with E-state index in [1.165, 1.54) is 16.7 Å². The monoisotopic (exact) mass is 364 g/mol. The molecule has 4 aromatic rings. The van der Waals surface area contributed by atoms with Gasteiger partial charge in [-0.25, -0.2) is 0 Å². The Morgan fingerprint density at radius 3 is 2.43 bits per heavy atom. The molecule has 28 heavy (non-hydrogen) atoms. The Kier molecular flexibility index (Phi) is 4.13. The SMILES string of the molecule is O=C(c1ccccc1)N1CCCc2c(-c3ccccc3)cc3ncccc3c21. The van der Waals surface area contributed by atoms with Crippen LogP contribution in [0, 0.1) is 0 Å². The van der Waals surface area contributed by atoms with Crippen molar-refractivity contribution in [1.29, 1.82) is 0 Å². The molecule has 0 bridgehead atoms. The van der Waals surface area contributed by atoms with Crippen LogP contribution in [0.2, 0.25) is 0 Å². The predicted molar refractivity (Wildman–Crippen MR) is 114 cm³/mol. The molecule has 136 valence electrons. The summed E-state index contributed by atoms with van der Waals surface area (Å²) in [6.07, 6.45) is 3.73. The Labute approximate surface area is 164 Å². The van der Waals surface area contributed by atoms with E-state index in [1.54, 1.807) is 0 Å². The second-order valence-corrected chi connectivity index (χ2v) is 7.11. The van der Waals surface area contributed by atoms with Crippen molar-refractivity contribution in [3.8, 4) is 11.1 Å². The van der Waals surface area contributed by atoms with Crippen molar-refractivity contribution in [3.63, 3.8) is 0 Å². The second-order valence-electron chi connectivity index (χ2n) is 7.11. The van der Waals surface area contributed by atoms with Gasteiger partial charge in [-0.2, -0.15) is 0 Å². The highest BCUT2D eigenvalue weighted by Crippen LogP contribution is 2.41. The third kappa shape index (κ3) is 2.76. The summed E-state index contributed by atoms with van der Waals surface area (Å²) in [5.41, 5.74) is 6.24. The minimum Gasteiger partial charge on any atom is -0.307 e. The lowest BCUT2D eigenvalue weighted by atomic mass is 9.89. The first kappa shape index (κ1) is 16.7. The van der Waals surface area contributed by atoms with E-state index in [0.29, 0.717) is 0 Å². The van der Waals surface area contributed by atoms with Crippen molar-refractivity contribution in [2.75, 3.05) is 11.4 Å². The van der Waals surface area contributed by atoms with Gasteiger partial charge in [0.2, 0.25) is 0 Å². The standard InChI is InChI=1S/C25H20N2O/c28-25(19-11-5-2-6-12-19)27-16-8-14-20-22(18-9-3-1-4-10-18)17-23-21(24(20)27)13-7-15-26-23/h1-7,9-13,15,17H,8,14,16H2. The Morgan fingerprint density at radius 1 is 0.893 bits per heavy atom. The quantitative estimate of drug-likeness (QED) is 0.471. The first-order chi connectivity index (χ1) is 13.8. The van der Waals surface area contributed by atoms with Crippen LogP contribution in [0.15, 0.2) is 85.1 Å². The number of rotatable bonds is 2. The zero-order valence-corrected chi connectivity index (χ0v) is 15.5. The van der Waals surface area contributed by atoms with Gasteiger partial charge in [-0.1, -0.05) is 48.5 Å². The molecule has 1 amide bonds. The van der Waals surface area contributed by atoms with E-state index in [0.717, 1.165) is 41.5 Å². The molecule has 0 aliphatic carbocycles. The molecule has 0 fully saturated rings. The fourth-order valence-electron chi connectivity index (χ4n) is 4.15. The number of benzene rings is 3. The van der Waals surface area contributed by atoms with Crippen molar-refractivity contribution in [3.05, 3.63) is 96.2 Å². The lowest BCUT2D eigenvalue weighted by Crippen LogP contribution is -2.36. The van der Waals surface area contributed by atoms with Gasteiger partial charge in [0.15, 0.2) is 0 Å². The maximum absolute atomic E-state index is 13.4. The molecule has 0 unspecified atom stereocenters. The Bertz CT molecular complexity index is 1150. The smallest absolute Gasteiger partial charge is 0.258 e. The zero-order chi connectivity index (χ0) is 18.9. The minimum atomic E-state index is 0.0527. The van der Waals surface area contributed by atoms with Crippen LogP contribution in [0.5, 0.6) is 0 Å². The van der Waals surface area contributed by atoms with E-state index in [1.807, 2.05) is 53.6 Å². The largest absolute Gasteiger partial charge is 0.307 e. The van der Waals surface area contributed by atoms with Crippen LogP contribution in [-0.4, -0.2) is 17.4 Å². The van der Waals surface area contributed by atoms with Gasteiger partial charge in [-0.3, -0.25) is 9.78 Å². The number of aromatic nitrogens is 1. The van der Waals surface area contributed by atoms with Crippen molar-refractivity contribution in [1.82, 2.24) is 4.98 Å². The zero-order valence-electron chi connectivity index (χ0n) is 15.5. The summed E-state index contributed by atoms with van der Waals surface area (Å²) in [5, 5.41) is 1.04. The van der Waals surface area contributed by atoms with E-state index < -0.39 is 0 Å². The average Bonchev–Trinajstić information content (AvgIpc) is 2.79. The van der Waals surface area contributed by atoms with E-state index >= 15 is 0 Å². The Morgan fingerprint density at radius 2 is 1.64 bits per heavy atom. The number of anilines is 1. The van der Waals surface area contributed by atoms with Crippen molar-refractivity contribution < 1.29 is 4.79 Å². The summed E-state index contributed by atoms with van der Waals surface area (Å²) in [6, 6.07) is 26.1. The van der Waals surface area contributed by atoms with Crippen molar-refractivity contribution in [2.24, 2.45) is 0 Å². The number of amides is 1. The number of carbonyl (C=O) groups excluding carboxylic acids is 1. The van der Waals surface area contributed by atoms with Gasteiger partial charge in [0.1, 0.15) is 0 Å². The summed E-state index contributed by atoms with van der Waals surface area (Å²) in [6.45, 7) is 0.725. The van der Waals surface area contributed by atoms with Gasteiger partial charge in [0, 0.05) is 23.7 Å². The third-order valence-electron chi connectivity index (χ3n) is 5.41. The average molecular weight is 364 g/mol. The Balaban J connectivity index is 1.76. The fraction of sp³-hybridized carbons (Fsp3) is 0.120. The molecule has 1 aliphatic rings. The lowest BCUT2D eigenvalue weighted by Gasteiger charge is -2.32. The van der Waals surface area contributed by atoms with E-state index in [9.17, 15) is 4.79 Å². The molecule has 3 heteroatoms. The summed E-state index contributed by atoms with van der Waals surface area (Å²) < 4.78 is 0. The first-order valence-corrected chi connectivity index (χ1v) is 9.66. The van der Waals surface area contributed by atoms with E-state index in [4.69, 9.17) is 0 Å². The van der Waals surface area contributed by atoms with Gasteiger partial charge in [-0.05, 0) is 59.9 Å². The molecule has 3 nitrogen and oxygen atoms in total. The summed E-state index contributed by atoms with van der Waals surface area (Å²) in [4.78, 5) is 19.9. The maximum atomic E-state index is 13.4. The van der Waals surface area contributed by atoms with Gasteiger partial charge < -0.3 is 4.90 Å².